The number of hydrogen-bond acceptors (Lipinski definition) is 2. The average molecular weight is 158 g/mol. The molecule has 0 aromatic heterocycles. The van der Waals surface area contributed by atoms with Gasteiger partial charge in [0.2, 0.25) is 0 Å². The van der Waals surface area contributed by atoms with Crippen molar-refractivity contribution in [3.05, 3.63) is 0 Å². The minimum Gasteiger partial charge on any atom is -0.304 e. The van der Waals surface area contributed by atoms with E-state index in [0.717, 1.165) is 6.04 Å². The van der Waals surface area contributed by atoms with Gasteiger partial charge in [0.05, 0.1) is 0 Å². The molecule has 2 nitrogen and oxygen atoms in total. The maximum atomic E-state index is 2.45. The number of rotatable bonds is 2. The van der Waals surface area contributed by atoms with Crippen LogP contribution in [0, 0.1) is 0 Å². The molecule has 68 valence electrons. The first-order chi connectivity index (χ1) is 5.24. The Labute approximate surface area is 71.2 Å². The first-order valence-corrected chi connectivity index (χ1v) is 4.62. The second-order valence-electron chi connectivity index (χ2n) is 2.97. The molecule has 0 aromatic rings. The van der Waals surface area contributed by atoms with E-state index in [0.29, 0.717) is 0 Å². The lowest BCUT2D eigenvalue weighted by Gasteiger charge is -2.42. The minimum atomic E-state index is 0.824. The second kappa shape index (κ2) is 5.56. The van der Waals surface area contributed by atoms with Gasteiger partial charge in [0.25, 0.3) is 0 Å². The number of hydrogen-bond donors (Lipinski definition) is 0. The van der Waals surface area contributed by atoms with Gasteiger partial charge in [-0.1, -0.05) is 20.8 Å². The van der Waals surface area contributed by atoms with Crippen LogP contribution in [0.25, 0.3) is 0 Å². The van der Waals surface area contributed by atoms with Crippen LogP contribution in [-0.4, -0.2) is 49.6 Å². The lowest BCUT2D eigenvalue weighted by molar-refractivity contribution is 0.0688. The molecule has 0 bridgehead atoms. The third-order valence-corrected chi connectivity index (χ3v) is 2.12. The maximum absolute atomic E-state index is 2.45. The summed E-state index contributed by atoms with van der Waals surface area (Å²) in [6.45, 7) is 9.96. The maximum Gasteiger partial charge on any atom is 0.0344 e. The van der Waals surface area contributed by atoms with Crippen LogP contribution in [0.4, 0.5) is 0 Å². The van der Waals surface area contributed by atoms with Gasteiger partial charge < -0.3 is 9.80 Å². The van der Waals surface area contributed by atoms with Crippen molar-refractivity contribution in [2.24, 2.45) is 0 Å². The van der Waals surface area contributed by atoms with E-state index in [4.69, 9.17) is 0 Å². The predicted molar refractivity (Wildman–Crippen MR) is 50.9 cm³/mol. The topological polar surface area (TPSA) is 6.48 Å². The Morgan fingerprint density at radius 2 is 1.73 bits per heavy atom. The Kier molecular flexibility index (Phi) is 5.51. The summed E-state index contributed by atoms with van der Waals surface area (Å²) in [6, 6.07) is 0.824. The summed E-state index contributed by atoms with van der Waals surface area (Å²) in [7, 11) is 4.30. The van der Waals surface area contributed by atoms with E-state index in [9.17, 15) is 0 Å². The Hall–Kier alpha value is -0.0800. The van der Waals surface area contributed by atoms with Crippen LogP contribution in [0.5, 0.6) is 0 Å². The lowest BCUT2D eigenvalue weighted by Crippen LogP contribution is -2.56. The first kappa shape index (κ1) is 10.9. The van der Waals surface area contributed by atoms with Crippen LogP contribution in [0.15, 0.2) is 0 Å². The first-order valence-electron chi connectivity index (χ1n) is 4.62. The molecule has 0 spiro atoms. The molecule has 2 heteroatoms. The summed E-state index contributed by atoms with van der Waals surface area (Å²) in [5.41, 5.74) is 0. The zero-order chi connectivity index (χ0) is 8.85. The SMILES string of the molecule is CC.CCN1CC(N(C)C)C1. The van der Waals surface area contributed by atoms with Crippen LogP contribution < -0.4 is 0 Å². The predicted octanol–water partition coefficient (Wildman–Crippen LogP) is 1.28. The molecular weight excluding hydrogens is 136 g/mol. The largest absolute Gasteiger partial charge is 0.304 e. The van der Waals surface area contributed by atoms with Crippen molar-refractivity contribution in [2.75, 3.05) is 33.7 Å². The fraction of sp³-hybridized carbons (Fsp3) is 1.00. The van der Waals surface area contributed by atoms with Crippen LogP contribution in [0.2, 0.25) is 0 Å². The van der Waals surface area contributed by atoms with Crippen LogP contribution in [0.3, 0.4) is 0 Å². The van der Waals surface area contributed by atoms with Crippen molar-refractivity contribution < 1.29 is 0 Å². The summed E-state index contributed by atoms with van der Waals surface area (Å²) in [6.07, 6.45) is 0. The van der Waals surface area contributed by atoms with Crippen molar-refractivity contribution >= 4 is 0 Å². The van der Waals surface area contributed by atoms with Gasteiger partial charge in [-0.05, 0) is 20.6 Å². The molecular formula is C9H22N2. The molecule has 1 rings (SSSR count). The van der Waals surface area contributed by atoms with E-state index in [-0.39, 0.29) is 0 Å². The van der Waals surface area contributed by atoms with E-state index in [1.54, 1.807) is 0 Å². The molecule has 0 unspecified atom stereocenters. The molecule has 11 heavy (non-hydrogen) atoms. The third kappa shape index (κ3) is 3.21. The third-order valence-electron chi connectivity index (χ3n) is 2.12. The van der Waals surface area contributed by atoms with E-state index in [1.165, 1.54) is 19.6 Å². The van der Waals surface area contributed by atoms with Crippen molar-refractivity contribution in [1.29, 1.82) is 0 Å². The van der Waals surface area contributed by atoms with Crippen LogP contribution in [-0.2, 0) is 0 Å². The van der Waals surface area contributed by atoms with Crippen molar-refractivity contribution in [1.82, 2.24) is 9.80 Å². The van der Waals surface area contributed by atoms with Gasteiger partial charge in [0.1, 0.15) is 0 Å². The number of likely N-dealkylation sites (tertiary alicyclic amines) is 1. The molecule has 0 radical (unpaired) electrons. The van der Waals surface area contributed by atoms with E-state index >= 15 is 0 Å². The van der Waals surface area contributed by atoms with E-state index in [2.05, 4.69) is 30.8 Å². The molecule has 0 atom stereocenters. The van der Waals surface area contributed by atoms with Crippen LogP contribution in [0.1, 0.15) is 20.8 Å². The molecule has 1 heterocycles. The fourth-order valence-corrected chi connectivity index (χ4v) is 1.13. The molecule has 0 N–H and O–H groups in total. The Balaban J connectivity index is 0.000000461. The van der Waals surface area contributed by atoms with Gasteiger partial charge >= 0.3 is 0 Å². The summed E-state index contributed by atoms with van der Waals surface area (Å²) >= 11 is 0. The van der Waals surface area contributed by atoms with Gasteiger partial charge in [-0.2, -0.15) is 0 Å². The number of nitrogens with zero attached hydrogens (tertiary/aromatic N) is 2. The Bertz CT molecular complexity index is 85.6. The zero-order valence-corrected chi connectivity index (χ0v) is 8.59. The summed E-state index contributed by atoms with van der Waals surface area (Å²) < 4.78 is 0. The monoisotopic (exact) mass is 158 g/mol. The zero-order valence-electron chi connectivity index (χ0n) is 8.59. The van der Waals surface area contributed by atoms with Crippen LogP contribution >= 0.6 is 0 Å². The standard InChI is InChI=1S/C7H16N2.C2H6/c1-4-9-5-7(6-9)8(2)3;1-2/h7H,4-6H2,1-3H3;1-2H3. The molecule has 0 aliphatic carbocycles. The van der Waals surface area contributed by atoms with Crippen molar-refractivity contribution in [3.63, 3.8) is 0 Å². The quantitative estimate of drug-likeness (QED) is 0.597. The Morgan fingerprint density at radius 3 is 2.00 bits per heavy atom. The molecule has 1 aliphatic rings. The second-order valence-corrected chi connectivity index (χ2v) is 2.97. The fourth-order valence-electron chi connectivity index (χ4n) is 1.13. The Morgan fingerprint density at radius 1 is 1.27 bits per heavy atom. The highest BCUT2D eigenvalue weighted by molar-refractivity contribution is 4.84. The number of likely N-dealkylation sites (N-methyl/N-ethyl adjacent to an activating group) is 2. The highest BCUT2D eigenvalue weighted by Crippen LogP contribution is 2.10. The molecule has 1 fully saturated rings. The van der Waals surface area contributed by atoms with Gasteiger partial charge in [0.15, 0.2) is 0 Å². The van der Waals surface area contributed by atoms with Gasteiger partial charge in [-0.15, -0.1) is 0 Å². The van der Waals surface area contributed by atoms with Gasteiger partial charge in [-0.3, -0.25) is 0 Å². The normalized spacial score (nSPS) is 19.1. The summed E-state index contributed by atoms with van der Waals surface area (Å²) in [4.78, 5) is 4.75. The smallest absolute Gasteiger partial charge is 0.0344 e. The van der Waals surface area contributed by atoms with Gasteiger partial charge in [0, 0.05) is 19.1 Å². The average Bonchev–Trinajstić information content (AvgIpc) is 1.89. The van der Waals surface area contributed by atoms with Crippen molar-refractivity contribution in [2.45, 2.75) is 26.8 Å². The van der Waals surface area contributed by atoms with E-state index in [1.807, 2.05) is 13.8 Å². The van der Waals surface area contributed by atoms with Crippen molar-refractivity contribution in [3.8, 4) is 0 Å². The van der Waals surface area contributed by atoms with Gasteiger partial charge in [-0.25, -0.2) is 0 Å². The highest BCUT2D eigenvalue weighted by Gasteiger charge is 2.25. The molecule has 0 aromatic carbocycles. The lowest BCUT2D eigenvalue weighted by atomic mass is 10.1. The summed E-state index contributed by atoms with van der Waals surface area (Å²) in [5, 5.41) is 0. The highest BCUT2D eigenvalue weighted by atomic mass is 15.3. The molecule has 0 amide bonds. The van der Waals surface area contributed by atoms with E-state index < -0.39 is 0 Å². The molecule has 0 saturated carbocycles. The minimum absolute atomic E-state index is 0.824. The molecule has 1 aliphatic heterocycles. The molecule has 1 saturated heterocycles. The summed E-state index contributed by atoms with van der Waals surface area (Å²) in [5.74, 6) is 0.